The molecule has 0 aliphatic carbocycles. The molecule has 0 saturated carbocycles. The van der Waals surface area contributed by atoms with Crippen LogP contribution in [0, 0.1) is 5.92 Å². The Balaban J connectivity index is 1.91. The Bertz CT molecular complexity index is 534. The highest BCUT2D eigenvalue weighted by molar-refractivity contribution is 5.17. The maximum absolute atomic E-state index is 5.14. The Labute approximate surface area is 120 Å². The number of nitrogens with one attached hydrogen (secondary N) is 1. The highest BCUT2D eigenvalue weighted by Gasteiger charge is 2.01. The van der Waals surface area contributed by atoms with Crippen LogP contribution in [0.5, 0.6) is 5.88 Å². The molecule has 0 radical (unpaired) electrons. The van der Waals surface area contributed by atoms with Crippen LogP contribution in [-0.4, -0.2) is 23.2 Å². The Kier molecular flexibility index (Phi) is 5.18. The van der Waals surface area contributed by atoms with Crippen LogP contribution in [0.25, 0.3) is 0 Å². The topological polar surface area (TPSA) is 39.1 Å². The minimum atomic E-state index is 0.661. The maximum Gasteiger partial charge on any atom is 0.213 e. The van der Waals surface area contributed by atoms with E-state index in [1.165, 1.54) is 5.56 Å². The smallest absolute Gasteiger partial charge is 0.213 e. The van der Waals surface area contributed by atoms with Crippen molar-refractivity contribution in [3.63, 3.8) is 0 Å². The third-order valence-electron chi connectivity index (χ3n) is 3.03. The number of pyridine rings is 1. The van der Waals surface area contributed by atoms with Crippen LogP contribution in [0.4, 0.5) is 0 Å². The molecule has 0 atom stereocenters. The molecule has 2 rings (SSSR count). The van der Waals surface area contributed by atoms with E-state index in [0.717, 1.165) is 25.3 Å². The fourth-order valence-corrected chi connectivity index (χ4v) is 2.05. The van der Waals surface area contributed by atoms with Crippen molar-refractivity contribution in [2.75, 3.05) is 13.7 Å². The zero-order chi connectivity index (χ0) is 14.4. The number of hydrogen-bond donors (Lipinski definition) is 1. The van der Waals surface area contributed by atoms with Gasteiger partial charge in [0.25, 0.3) is 0 Å². The van der Waals surface area contributed by atoms with Crippen LogP contribution in [0.3, 0.4) is 0 Å². The van der Waals surface area contributed by atoms with E-state index in [0.29, 0.717) is 11.8 Å². The predicted octanol–water partition coefficient (Wildman–Crippen LogP) is 2.69. The van der Waals surface area contributed by atoms with Gasteiger partial charge in [-0.25, -0.2) is 4.98 Å². The van der Waals surface area contributed by atoms with Crippen LogP contribution in [0.15, 0.2) is 36.7 Å². The second-order valence-corrected chi connectivity index (χ2v) is 5.39. The fourth-order valence-electron chi connectivity index (χ4n) is 2.05. The molecule has 20 heavy (non-hydrogen) atoms. The van der Waals surface area contributed by atoms with Crippen molar-refractivity contribution < 1.29 is 4.74 Å². The molecule has 4 heteroatoms. The first kappa shape index (κ1) is 14.6. The van der Waals surface area contributed by atoms with E-state index in [1.54, 1.807) is 7.11 Å². The van der Waals surface area contributed by atoms with Gasteiger partial charge in [-0.2, -0.15) is 0 Å². The SMILES string of the molecule is COc1cccc(Cn2ccc(CNCC(C)C)c2)n1. The summed E-state index contributed by atoms with van der Waals surface area (Å²) in [4.78, 5) is 4.42. The van der Waals surface area contributed by atoms with Crippen molar-refractivity contribution in [1.29, 1.82) is 0 Å². The number of rotatable bonds is 7. The van der Waals surface area contributed by atoms with Gasteiger partial charge in [0.1, 0.15) is 0 Å². The van der Waals surface area contributed by atoms with Gasteiger partial charge in [0.05, 0.1) is 19.3 Å². The van der Waals surface area contributed by atoms with Gasteiger partial charge in [-0.05, 0) is 30.2 Å². The molecule has 0 aromatic carbocycles. The first-order chi connectivity index (χ1) is 9.67. The average Bonchev–Trinajstić information content (AvgIpc) is 2.86. The summed E-state index contributed by atoms with van der Waals surface area (Å²) in [6.45, 7) is 7.15. The van der Waals surface area contributed by atoms with Crippen LogP contribution in [0.1, 0.15) is 25.1 Å². The zero-order valence-corrected chi connectivity index (χ0v) is 12.5. The molecule has 0 spiro atoms. The van der Waals surface area contributed by atoms with Gasteiger partial charge in [-0.15, -0.1) is 0 Å². The highest BCUT2D eigenvalue weighted by atomic mass is 16.5. The summed E-state index contributed by atoms with van der Waals surface area (Å²) < 4.78 is 7.29. The number of ether oxygens (including phenoxy) is 1. The van der Waals surface area contributed by atoms with E-state index < -0.39 is 0 Å². The molecule has 1 N–H and O–H groups in total. The molecule has 0 amide bonds. The lowest BCUT2D eigenvalue weighted by Gasteiger charge is -2.06. The zero-order valence-electron chi connectivity index (χ0n) is 12.5. The Morgan fingerprint density at radius 2 is 2.15 bits per heavy atom. The van der Waals surface area contributed by atoms with E-state index in [-0.39, 0.29) is 0 Å². The molecule has 0 unspecified atom stereocenters. The van der Waals surface area contributed by atoms with E-state index in [9.17, 15) is 0 Å². The van der Waals surface area contributed by atoms with E-state index in [1.807, 2.05) is 18.2 Å². The van der Waals surface area contributed by atoms with Crippen LogP contribution in [0.2, 0.25) is 0 Å². The molecule has 0 aliphatic rings. The van der Waals surface area contributed by atoms with Crippen LogP contribution >= 0.6 is 0 Å². The normalized spacial score (nSPS) is 11.0. The van der Waals surface area contributed by atoms with Crippen molar-refractivity contribution in [1.82, 2.24) is 14.9 Å². The number of nitrogens with zero attached hydrogens (tertiary/aromatic N) is 2. The second-order valence-electron chi connectivity index (χ2n) is 5.39. The maximum atomic E-state index is 5.14. The summed E-state index contributed by atoms with van der Waals surface area (Å²) in [5.41, 5.74) is 2.30. The lowest BCUT2D eigenvalue weighted by molar-refractivity contribution is 0.396. The van der Waals surface area contributed by atoms with Crippen molar-refractivity contribution in [3.05, 3.63) is 47.9 Å². The standard InChI is InChI=1S/C16H23N3O/c1-13(2)9-17-10-14-7-8-19(11-14)12-15-5-4-6-16(18-15)20-3/h4-8,11,13,17H,9-10,12H2,1-3H3. The summed E-state index contributed by atoms with van der Waals surface area (Å²) in [5.74, 6) is 1.34. The molecule has 2 aromatic rings. The molecule has 0 saturated heterocycles. The van der Waals surface area contributed by atoms with Crippen molar-refractivity contribution in [2.24, 2.45) is 5.92 Å². The van der Waals surface area contributed by atoms with E-state index in [2.05, 4.69) is 47.2 Å². The summed E-state index contributed by atoms with van der Waals surface area (Å²) in [6, 6.07) is 7.99. The molecule has 4 nitrogen and oxygen atoms in total. The number of methoxy groups -OCH3 is 1. The molecule has 2 heterocycles. The van der Waals surface area contributed by atoms with E-state index >= 15 is 0 Å². The first-order valence-electron chi connectivity index (χ1n) is 7.02. The third kappa shape index (κ3) is 4.38. The van der Waals surface area contributed by atoms with Gasteiger partial charge >= 0.3 is 0 Å². The van der Waals surface area contributed by atoms with Gasteiger partial charge in [-0.3, -0.25) is 0 Å². The van der Waals surface area contributed by atoms with Crippen LogP contribution in [-0.2, 0) is 13.1 Å². The average molecular weight is 273 g/mol. The molecule has 0 bridgehead atoms. The lowest BCUT2D eigenvalue weighted by Crippen LogP contribution is -2.18. The van der Waals surface area contributed by atoms with Crippen LogP contribution < -0.4 is 10.1 Å². The molecule has 0 fully saturated rings. The van der Waals surface area contributed by atoms with E-state index in [4.69, 9.17) is 4.74 Å². The monoisotopic (exact) mass is 273 g/mol. The molecule has 2 aromatic heterocycles. The predicted molar refractivity (Wildman–Crippen MR) is 80.9 cm³/mol. The Morgan fingerprint density at radius 3 is 2.90 bits per heavy atom. The summed E-state index contributed by atoms with van der Waals surface area (Å²) >= 11 is 0. The molecule has 0 aliphatic heterocycles. The Hall–Kier alpha value is -1.81. The van der Waals surface area contributed by atoms with Gasteiger partial charge in [-0.1, -0.05) is 19.9 Å². The largest absolute Gasteiger partial charge is 0.481 e. The minimum Gasteiger partial charge on any atom is -0.481 e. The number of aromatic nitrogens is 2. The third-order valence-corrected chi connectivity index (χ3v) is 3.03. The van der Waals surface area contributed by atoms with Gasteiger partial charge in [0, 0.05) is 25.0 Å². The summed E-state index contributed by atoms with van der Waals surface area (Å²) in [7, 11) is 1.64. The van der Waals surface area contributed by atoms with Gasteiger partial charge < -0.3 is 14.6 Å². The van der Waals surface area contributed by atoms with Crippen molar-refractivity contribution >= 4 is 0 Å². The highest BCUT2D eigenvalue weighted by Crippen LogP contribution is 2.09. The lowest BCUT2D eigenvalue weighted by atomic mass is 10.2. The Morgan fingerprint density at radius 1 is 1.30 bits per heavy atom. The molecular formula is C16H23N3O. The first-order valence-corrected chi connectivity index (χ1v) is 7.02. The number of hydrogen-bond acceptors (Lipinski definition) is 3. The summed E-state index contributed by atoms with van der Waals surface area (Å²) in [5, 5.41) is 3.45. The fraction of sp³-hybridized carbons (Fsp3) is 0.438. The van der Waals surface area contributed by atoms with Crippen molar-refractivity contribution in [3.8, 4) is 5.88 Å². The van der Waals surface area contributed by atoms with Gasteiger partial charge in [0.2, 0.25) is 5.88 Å². The quantitative estimate of drug-likeness (QED) is 0.843. The molecular weight excluding hydrogens is 250 g/mol. The second kappa shape index (κ2) is 7.10. The minimum absolute atomic E-state index is 0.661. The van der Waals surface area contributed by atoms with Gasteiger partial charge in [0.15, 0.2) is 0 Å². The van der Waals surface area contributed by atoms with Crippen molar-refractivity contribution in [2.45, 2.75) is 26.9 Å². The summed E-state index contributed by atoms with van der Waals surface area (Å²) in [6.07, 6.45) is 4.25. The molecule has 108 valence electrons.